The first-order valence-corrected chi connectivity index (χ1v) is 8.18. The zero-order valence-corrected chi connectivity index (χ0v) is 14.4. The molecule has 4 aromatic rings. The summed E-state index contributed by atoms with van der Waals surface area (Å²) in [6.07, 6.45) is 0. The van der Waals surface area contributed by atoms with Crippen molar-refractivity contribution in [3.63, 3.8) is 0 Å². The van der Waals surface area contributed by atoms with Gasteiger partial charge in [-0.25, -0.2) is 9.78 Å². The summed E-state index contributed by atoms with van der Waals surface area (Å²) < 4.78 is 12.4. The minimum Gasteiger partial charge on any atom is -0.453 e. The molecule has 6 heteroatoms. The Morgan fingerprint density at radius 1 is 1.15 bits per heavy atom. The lowest BCUT2D eigenvalue weighted by Crippen LogP contribution is -2.18. The van der Waals surface area contributed by atoms with Crippen LogP contribution in [0.15, 0.2) is 57.7 Å². The van der Waals surface area contributed by atoms with Crippen LogP contribution in [0.3, 0.4) is 0 Å². The summed E-state index contributed by atoms with van der Waals surface area (Å²) in [6.45, 7) is 3.54. The molecule has 3 heterocycles. The highest BCUT2D eigenvalue weighted by atomic mass is 16.5. The fraction of sp³-hybridized carbons (Fsp3) is 0.150. The normalized spacial score (nSPS) is 11.2. The Hall–Kier alpha value is -3.41. The van der Waals surface area contributed by atoms with Gasteiger partial charge in [0.25, 0.3) is 5.56 Å². The summed E-state index contributed by atoms with van der Waals surface area (Å²) in [6, 6.07) is 14.2. The first kappa shape index (κ1) is 16.1. The van der Waals surface area contributed by atoms with Crippen LogP contribution < -0.4 is 5.56 Å². The molecule has 0 bridgehead atoms. The molecule has 0 saturated heterocycles. The molecule has 0 amide bonds. The van der Waals surface area contributed by atoms with E-state index in [0.29, 0.717) is 16.9 Å². The van der Waals surface area contributed by atoms with Crippen molar-refractivity contribution in [2.75, 3.05) is 0 Å². The molecule has 0 unspecified atom stereocenters. The third-order valence-electron chi connectivity index (χ3n) is 4.31. The second kappa shape index (κ2) is 6.15. The fourth-order valence-corrected chi connectivity index (χ4v) is 3.01. The molecule has 6 nitrogen and oxygen atoms in total. The summed E-state index contributed by atoms with van der Waals surface area (Å²) >= 11 is 0. The Balaban J connectivity index is 1.60. The average Bonchev–Trinajstić information content (AvgIpc) is 2.97. The highest BCUT2D eigenvalue weighted by Crippen LogP contribution is 2.25. The van der Waals surface area contributed by atoms with Crippen molar-refractivity contribution in [3.8, 4) is 0 Å². The topological polar surface area (TPSA) is 73.8 Å². The van der Waals surface area contributed by atoms with Gasteiger partial charge in [-0.05, 0) is 32.0 Å². The smallest absolute Gasteiger partial charge is 0.374 e. The SMILES string of the molecule is Cc1c(C(=O)OCc2cc(=O)n3c(C)cccc3n2)oc2ccccc12. The van der Waals surface area contributed by atoms with E-state index in [1.807, 2.05) is 44.2 Å². The van der Waals surface area contributed by atoms with Crippen molar-refractivity contribution in [1.82, 2.24) is 9.38 Å². The highest BCUT2D eigenvalue weighted by molar-refractivity contribution is 5.95. The number of nitrogens with zero attached hydrogens (tertiary/aromatic N) is 2. The van der Waals surface area contributed by atoms with E-state index in [2.05, 4.69) is 4.98 Å². The molecule has 26 heavy (non-hydrogen) atoms. The van der Waals surface area contributed by atoms with Crippen LogP contribution >= 0.6 is 0 Å². The lowest BCUT2D eigenvalue weighted by atomic mass is 10.1. The van der Waals surface area contributed by atoms with E-state index in [1.54, 1.807) is 12.1 Å². The standard InChI is InChI=1S/C20H16N2O4/c1-12-6-5-9-17-21-14(10-18(23)22(12)17)11-25-20(24)19-13(2)15-7-3-4-8-16(15)26-19/h3-10H,11H2,1-2H3. The highest BCUT2D eigenvalue weighted by Gasteiger charge is 2.19. The number of pyridine rings is 1. The van der Waals surface area contributed by atoms with Gasteiger partial charge in [0.15, 0.2) is 0 Å². The first-order chi connectivity index (χ1) is 12.5. The maximum atomic E-state index is 12.4. The van der Waals surface area contributed by atoms with Crippen molar-refractivity contribution < 1.29 is 13.9 Å². The third-order valence-corrected chi connectivity index (χ3v) is 4.31. The summed E-state index contributed by atoms with van der Waals surface area (Å²) in [5, 5.41) is 0.872. The largest absolute Gasteiger partial charge is 0.453 e. The summed E-state index contributed by atoms with van der Waals surface area (Å²) in [5.41, 5.74) is 2.86. The maximum absolute atomic E-state index is 12.4. The molecule has 0 N–H and O–H groups in total. The number of aryl methyl sites for hydroxylation is 2. The van der Waals surface area contributed by atoms with Crippen molar-refractivity contribution in [3.05, 3.63) is 81.6 Å². The summed E-state index contributed by atoms with van der Waals surface area (Å²) in [5.74, 6) is -0.413. The van der Waals surface area contributed by atoms with E-state index in [1.165, 1.54) is 10.5 Å². The van der Waals surface area contributed by atoms with E-state index in [0.717, 1.165) is 16.6 Å². The van der Waals surface area contributed by atoms with Gasteiger partial charge in [0.2, 0.25) is 5.76 Å². The van der Waals surface area contributed by atoms with Crippen molar-refractivity contribution >= 4 is 22.6 Å². The molecule has 0 radical (unpaired) electrons. The van der Waals surface area contributed by atoms with Gasteiger partial charge in [-0.2, -0.15) is 0 Å². The van der Waals surface area contributed by atoms with Gasteiger partial charge < -0.3 is 9.15 Å². The zero-order valence-electron chi connectivity index (χ0n) is 14.4. The van der Waals surface area contributed by atoms with Crippen LogP contribution in [-0.4, -0.2) is 15.4 Å². The first-order valence-electron chi connectivity index (χ1n) is 8.18. The number of aromatic nitrogens is 2. The zero-order chi connectivity index (χ0) is 18.3. The Bertz CT molecular complexity index is 1200. The van der Waals surface area contributed by atoms with E-state index in [-0.39, 0.29) is 17.9 Å². The van der Waals surface area contributed by atoms with Gasteiger partial charge in [0.1, 0.15) is 17.8 Å². The van der Waals surface area contributed by atoms with Gasteiger partial charge in [-0.15, -0.1) is 0 Å². The number of rotatable bonds is 3. The number of ether oxygens (including phenoxy) is 1. The number of hydrogen-bond donors (Lipinski definition) is 0. The predicted molar refractivity (Wildman–Crippen MR) is 96.3 cm³/mol. The molecule has 0 aliphatic carbocycles. The molecule has 0 aliphatic rings. The molecule has 130 valence electrons. The Kier molecular flexibility index (Phi) is 3.80. The monoisotopic (exact) mass is 348 g/mol. The second-order valence-electron chi connectivity index (χ2n) is 6.07. The van der Waals surface area contributed by atoms with E-state index < -0.39 is 5.97 Å². The Morgan fingerprint density at radius 2 is 1.96 bits per heavy atom. The molecule has 0 fully saturated rings. The number of hydrogen-bond acceptors (Lipinski definition) is 5. The van der Waals surface area contributed by atoms with Crippen molar-refractivity contribution in [2.24, 2.45) is 0 Å². The van der Waals surface area contributed by atoms with Gasteiger partial charge in [0.05, 0.1) is 5.69 Å². The molecule has 0 spiro atoms. The molecule has 3 aromatic heterocycles. The van der Waals surface area contributed by atoms with Crippen LogP contribution in [0.1, 0.15) is 27.5 Å². The van der Waals surface area contributed by atoms with Gasteiger partial charge >= 0.3 is 5.97 Å². The molecular weight excluding hydrogens is 332 g/mol. The number of esters is 1. The third kappa shape index (κ3) is 2.65. The number of para-hydroxylation sites is 1. The molecular formula is C20H16N2O4. The second-order valence-corrected chi connectivity index (χ2v) is 6.07. The van der Waals surface area contributed by atoms with Gasteiger partial charge in [-0.3, -0.25) is 9.20 Å². The molecule has 1 aromatic carbocycles. The van der Waals surface area contributed by atoms with Crippen LogP contribution in [0.5, 0.6) is 0 Å². The van der Waals surface area contributed by atoms with Crippen LogP contribution in [0.25, 0.3) is 16.6 Å². The average molecular weight is 348 g/mol. The summed E-state index contributed by atoms with van der Waals surface area (Å²) in [7, 11) is 0. The van der Waals surface area contributed by atoms with E-state index in [4.69, 9.17) is 9.15 Å². The van der Waals surface area contributed by atoms with Crippen LogP contribution in [0.4, 0.5) is 0 Å². The quantitative estimate of drug-likeness (QED) is 0.531. The van der Waals surface area contributed by atoms with E-state index >= 15 is 0 Å². The van der Waals surface area contributed by atoms with Gasteiger partial charge in [-0.1, -0.05) is 24.3 Å². The summed E-state index contributed by atoms with van der Waals surface area (Å²) in [4.78, 5) is 29.0. The lowest BCUT2D eigenvalue weighted by Gasteiger charge is -2.07. The Morgan fingerprint density at radius 3 is 2.77 bits per heavy atom. The number of fused-ring (bicyclic) bond motifs is 2. The number of carbonyl (C=O) groups is 1. The van der Waals surface area contributed by atoms with Crippen molar-refractivity contribution in [1.29, 1.82) is 0 Å². The van der Waals surface area contributed by atoms with Crippen LogP contribution in [-0.2, 0) is 11.3 Å². The molecule has 0 saturated carbocycles. The van der Waals surface area contributed by atoms with Crippen LogP contribution in [0, 0.1) is 13.8 Å². The molecule has 0 atom stereocenters. The lowest BCUT2D eigenvalue weighted by molar-refractivity contribution is 0.0432. The molecule has 0 aliphatic heterocycles. The number of furan rings is 1. The molecule has 4 rings (SSSR count). The number of carbonyl (C=O) groups excluding carboxylic acids is 1. The van der Waals surface area contributed by atoms with Gasteiger partial charge in [0, 0.05) is 22.7 Å². The van der Waals surface area contributed by atoms with Crippen molar-refractivity contribution in [2.45, 2.75) is 20.5 Å². The predicted octanol–water partition coefficient (Wildman–Crippen LogP) is 3.41. The maximum Gasteiger partial charge on any atom is 0.374 e. The minimum absolute atomic E-state index is 0.102. The van der Waals surface area contributed by atoms with E-state index in [9.17, 15) is 9.59 Å². The fourth-order valence-electron chi connectivity index (χ4n) is 3.01. The van der Waals surface area contributed by atoms with Crippen LogP contribution in [0.2, 0.25) is 0 Å². The minimum atomic E-state index is -0.579. The number of benzene rings is 1. The Labute approximate surface area is 148 Å².